The van der Waals surface area contributed by atoms with E-state index in [1.807, 2.05) is 48.5 Å². The van der Waals surface area contributed by atoms with E-state index >= 15 is 0 Å². The van der Waals surface area contributed by atoms with E-state index in [0.717, 1.165) is 82.8 Å². The van der Waals surface area contributed by atoms with Gasteiger partial charge in [-0.25, -0.2) is 15.0 Å². The van der Waals surface area contributed by atoms with Gasteiger partial charge in [-0.15, -0.1) is 0 Å². The van der Waals surface area contributed by atoms with E-state index in [9.17, 15) is 0 Å². The van der Waals surface area contributed by atoms with Crippen LogP contribution >= 0.6 is 0 Å². The second kappa shape index (κ2) is 15.4. The molecular formula is C64H39N3O2. The van der Waals surface area contributed by atoms with E-state index in [4.69, 9.17) is 23.8 Å². The van der Waals surface area contributed by atoms with Gasteiger partial charge in [-0.1, -0.05) is 206 Å². The van der Waals surface area contributed by atoms with E-state index in [-0.39, 0.29) is 0 Å². The third-order valence-corrected chi connectivity index (χ3v) is 14.1. The maximum absolute atomic E-state index is 6.70. The van der Waals surface area contributed by atoms with Crippen LogP contribution in [0.25, 0.3) is 111 Å². The highest BCUT2D eigenvalue weighted by atomic mass is 16.3. The Morgan fingerprint density at radius 1 is 0.290 bits per heavy atom. The van der Waals surface area contributed by atoms with Crippen LogP contribution < -0.4 is 0 Å². The van der Waals surface area contributed by atoms with Crippen molar-refractivity contribution in [1.29, 1.82) is 0 Å². The van der Waals surface area contributed by atoms with Gasteiger partial charge in [0.25, 0.3) is 0 Å². The molecule has 0 spiro atoms. The van der Waals surface area contributed by atoms with Crippen LogP contribution in [0.2, 0.25) is 0 Å². The Labute approximate surface area is 397 Å². The fraction of sp³-hybridized carbons (Fsp3) is 0.0156. The van der Waals surface area contributed by atoms with Crippen molar-refractivity contribution in [2.75, 3.05) is 0 Å². The van der Waals surface area contributed by atoms with E-state index in [1.54, 1.807) is 0 Å². The zero-order valence-electron chi connectivity index (χ0n) is 37.2. The molecule has 0 atom stereocenters. The lowest BCUT2D eigenvalue weighted by atomic mass is 9.67. The topological polar surface area (TPSA) is 65.0 Å². The number of fused-ring (bicyclic) bond motifs is 9. The van der Waals surface area contributed by atoms with E-state index in [0.29, 0.717) is 17.5 Å². The molecule has 10 aromatic carbocycles. The van der Waals surface area contributed by atoms with Crippen LogP contribution in [0.15, 0.2) is 245 Å². The summed E-state index contributed by atoms with van der Waals surface area (Å²) in [6.45, 7) is 0. The number of aromatic nitrogens is 3. The van der Waals surface area contributed by atoms with Gasteiger partial charge in [0, 0.05) is 38.2 Å². The minimum absolute atomic E-state index is 0.507. The molecule has 13 aromatic rings. The fourth-order valence-corrected chi connectivity index (χ4v) is 11.1. The number of furan rings is 2. The number of rotatable bonds is 7. The average molecular weight is 882 g/mol. The van der Waals surface area contributed by atoms with Crippen molar-refractivity contribution in [2.45, 2.75) is 5.41 Å². The average Bonchev–Trinajstić information content (AvgIpc) is 4.10. The number of hydrogen-bond acceptors (Lipinski definition) is 5. The normalized spacial score (nSPS) is 12.8. The van der Waals surface area contributed by atoms with Crippen LogP contribution in [0.5, 0.6) is 0 Å². The molecule has 0 radical (unpaired) electrons. The molecule has 0 bridgehead atoms. The van der Waals surface area contributed by atoms with Gasteiger partial charge in [-0.05, 0) is 86.0 Å². The molecular weight excluding hydrogens is 843 g/mol. The van der Waals surface area contributed by atoms with Crippen molar-refractivity contribution in [3.63, 3.8) is 0 Å². The lowest BCUT2D eigenvalue weighted by Gasteiger charge is -2.34. The highest BCUT2D eigenvalue weighted by Gasteiger charge is 2.46. The third-order valence-electron chi connectivity index (χ3n) is 14.1. The number of para-hydroxylation sites is 1. The highest BCUT2D eigenvalue weighted by Crippen LogP contribution is 2.58. The fourth-order valence-electron chi connectivity index (χ4n) is 11.1. The Kier molecular flexibility index (Phi) is 8.73. The summed E-state index contributed by atoms with van der Waals surface area (Å²) in [4.78, 5) is 15.9. The van der Waals surface area contributed by atoms with Gasteiger partial charge >= 0.3 is 0 Å². The van der Waals surface area contributed by atoms with Gasteiger partial charge in [0.1, 0.15) is 22.3 Å². The van der Waals surface area contributed by atoms with Crippen molar-refractivity contribution in [3.8, 4) is 67.5 Å². The van der Waals surface area contributed by atoms with Gasteiger partial charge in [-0.3, -0.25) is 0 Å². The SMILES string of the molecule is c1ccc(-c2ccc(-c3nc(-c4cccc5oc6ccccc6c45)nc(-c4cccc5oc6ccc(-c7cccc8c7-c7ccccc7C8(c7ccccc7)c7ccccc7)cc6c45)n3)cc2)cc1. The molecule has 0 fully saturated rings. The summed E-state index contributed by atoms with van der Waals surface area (Å²) in [6.07, 6.45) is 0. The van der Waals surface area contributed by atoms with E-state index in [2.05, 4.69) is 188 Å². The molecule has 0 N–H and O–H groups in total. The summed E-state index contributed by atoms with van der Waals surface area (Å²) in [6, 6.07) is 83.5. The predicted octanol–water partition coefficient (Wildman–Crippen LogP) is 16.4. The number of hydrogen-bond donors (Lipinski definition) is 0. The van der Waals surface area contributed by atoms with Gasteiger partial charge in [-0.2, -0.15) is 0 Å². The molecule has 3 heterocycles. The first kappa shape index (κ1) is 39.0. The first-order valence-corrected chi connectivity index (χ1v) is 23.3. The van der Waals surface area contributed by atoms with Crippen LogP contribution in [0.3, 0.4) is 0 Å². The summed E-state index contributed by atoms with van der Waals surface area (Å²) < 4.78 is 13.1. The molecule has 5 heteroatoms. The Bertz CT molecular complexity index is 4080. The van der Waals surface area contributed by atoms with Gasteiger partial charge < -0.3 is 8.83 Å². The molecule has 1 aliphatic rings. The van der Waals surface area contributed by atoms with Gasteiger partial charge in [0.05, 0.1) is 5.41 Å². The molecule has 322 valence electrons. The van der Waals surface area contributed by atoms with E-state index < -0.39 is 5.41 Å². The smallest absolute Gasteiger partial charge is 0.164 e. The Balaban J connectivity index is 0.980. The molecule has 0 aliphatic heterocycles. The maximum Gasteiger partial charge on any atom is 0.164 e. The maximum atomic E-state index is 6.70. The van der Waals surface area contributed by atoms with Crippen LogP contribution in [0.1, 0.15) is 22.3 Å². The van der Waals surface area contributed by atoms with Crippen molar-refractivity contribution in [1.82, 2.24) is 15.0 Å². The number of nitrogens with zero attached hydrogens (tertiary/aromatic N) is 3. The minimum atomic E-state index is -0.507. The molecule has 0 unspecified atom stereocenters. The summed E-state index contributed by atoms with van der Waals surface area (Å²) >= 11 is 0. The van der Waals surface area contributed by atoms with Crippen LogP contribution in [-0.4, -0.2) is 15.0 Å². The Morgan fingerprint density at radius 2 is 0.754 bits per heavy atom. The summed E-state index contributed by atoms with van der Waals surface area (Å²) in [5.41, 5.74) is 17.2. The largest absolute Gasteiger partial charge is 0.456 e. The van der Waals surface area contributed by atoms with Crippen LogP contribution in [0.4, 0.5) is 0 Å². The van der Waals surface area contributed by atoms with Crippen molar-refractivity contribution in [2.24, 2.45) is 0 Å². The molecule has 69 heavy (non-hydrogen) atoms. The lowest BCUT2D eigenvalue weighted by molar-refractivity contribution is 0.668. The summed E-state index contributed by atoms with van der Waals surface area (Å²) in [7, 11) is 0. The molecule has 5 nitrogen and oxygen atoms in total. The highest BCUT2D eigenvalue weighted by molar-refractivity contribution is 6.14. The first-order chi connectivity index (χ1) is 34.2. The molecule has 0 saturated heterocycles. The van der Waals surface area contributed by atoms with Gasteiger partial charge in [0.2, 0.25) is 0 Å². The van der Waals surface area contributed by atoms with Crippen LogP contribution in [-0.2, 0) is 5.41 Å². The lowest BCUT2D eigenvalue weighted by Crippen LogP contribution is -2.28. The second-order valence-electron chi connectivity index (χ2n) is 17.8. The van der Waals surface area contributed by atoms with Gasteiger partial charge in [0.15, 0.2) is 17.5 Å². The molecule has 14 rings (SSSR count). The standard InChI is InChI=1S/C64H39N3O2/c1-4-17-40(18-5-1)41-33-35-42(36-34-41)61-65-62(49-26-15-31-56-59(49)48-24-11-13-30-54(48)68-56)67-63(66-61)50-27-16-32-57-60(50)51-39-43(37-38-55(51)69-57)46-25-14-29-53-58(46)47-23-10-12-28-52(47)64(53,44-19-6-2-7-20-44)45-21-8-3-9-22-45/h1-39H. The second-order valence-corrected chi connectivity index (χ2v) is 17.8. The Morgan fingerprint density at radius 3 is 1.45 bits per heavy atom. The van der Waals surface area contributed by atoms with Crippen molar-refractivity contribution < 1.29 is 8.83 Å². The predicted molar refractivity (Wildman–Crippen MR) is 279 cm³/mol. The first-order valence-electron chi connectivity index (χ1n) is 23.3. The van der Waals surface area contributed by atoms with Crippen molar-refractivity contribution in [3.05, 3.63) is 259 Å². The summed E-state index contributed by atoms with van der Waals surface area (Å²) in [5, 5.41) is 3.90. The van der Waals surface area contributed by atoms with Crippen molar-refractivity contribution >= 4 is 43.9 Å². The molecule has 0 saturated carbocycles. The Hall–Kier alpha value is -9.19. The minimum Gasteiger partial charge on any atom is -0.456 e. The molecule has 0 amide bonds. The monoisotopic (exact) mass is 881 g/mol. The third kappa shape index (κ3) is 6.00. The molecule has 1 aliphatic carbocycles. The zero-order valence-corrected chi connectivity index (χ0v) is 37.2. The van der Waals surface area contributed by atoms with E-state index in [1.165, 1.54) is 33.4 Å². The quantitative estimate of drug-likeness (QED) is 0.160. The molecule has 3 aromatic heterocycles. The zero-order chi connectivity index (χ0) is 45.5. The van der Waals surface area contributed by atoms with Crippen LogP contribution in [0, 0.1) is 0 Å². The number of benzene rings is 10. The summed E-state index contributed by atoms with van der Waals surface area (Å²) in [5.74, 6) is 1.68.